The summed E-state index contributed by atoms with van der Waals surface area (Å²) < 4.78 is 81.9. The van der Waals surface area contributed by atoms with Gasteiger partial charge in [0.25, 0.3) is 11.8 Å². The van der Waals surface area contributed by atoms with E-state index in [0.717, 1.165) is 25.3 Å². The third kappa shape index (κ3) is 11.6. The van der Waals surface area contributed by atoms with Gasteiger partial charge >= 0.3 is 20.4 Å². The highest BCUT2D eigenvalue weighted by Gasteiger charge is 2.36. The van der Waals surface area contributed by atoms with Crippen molar-refractivity contribution in [3.8, 4) is 11.5 Å². The number of benzene rings is 5. The van der Waals surface area contributed by atoms with E-state index in [9.17, 15) is 45.1 Å². The van der Waals surface area contributed by atoms with Gasteiger partial charge in [0.2, 0.25) is 10.0 Å². The largest absolute Gasteiger partial charge is 0.506 e. The Morgan fingerprint density at radius 1 is 0.583 bits per heavy atom. The van der Waals surface area contributed by atoms with Gasteiger partial charge in [0.05, 0.1) is 17.1 Å². The SMILES string of the molecule is N[C@@H](Cc1ccccc1)Cc1ccc(N2CC(=O)NS2(=O)=O)c(O)c1.O=C1CN(c2ccc(C[C@H](Cc3ccccc3)NS(=O)(=O)Cc3ccccc3)cc2O)S(=O)(=O)N1. The first kappa shape index (κ1) is 43.6. The van der Waals surface area contributed by atoms with Crippen LogP contribution < -0.4 is 28.5 Å². The number of nitrogens with two attached hydrogens (primary N) is 1. The second kappa shape index (κ2) is 18.5. The molecule has 0 bridgehead atoms. The maximum absolute atomic E-state index is 12.9. The molecule has 60 heavy (non-hydrogen) atoms. The van der Waals surface area contributed by atoms with Gasteiger partial charge in [-0.3, -0.25) is 9.59 Å². The Morgan fingerprint density at radius 3 is 1.38 bits per heavy atom. The first-order valence-corrected chi connectivity index (χ1v) is 23.2. The predicted octanol–water partition coefficient (Wildman–Crippen LogP) is 2.53. The molecule has 0 spiro atoms. The van der Waals surface area contributed by atoms with Crippen molar-refractivity contribution in [2.45, 2.75) is 43.5 Å². The first-order chi connectivity index (χ1) is 28.5. The number of sulfonamides is 1. The number of phenolic OH excluding ortho intramolecular Hbond substituents is 2. The molecule has 5 aromatic carbocycles. The molecule has 7 N–H and O–H groups in total. The molecule has 0 aliphatic carbocycles. The summed E-state index contributed by atoms with van der Waals surface area (Å²) in [6.07, 6.45) is 1.89. The molecule has 0 saturated carbocycles. The molecule has 2 aliphatic rings. The van der Waals surface area contributed by atoms with E-state index in [1.54, 1.807) is 36.4 Å². The van der Waals surface area contributed by atoms with Crippen molar-refractivity contribution >= 4 is 53.6 Å². The molecule has 2 aliphatic heterocycles. The van der Waals surface area contributed by atoms with Crippen LogP contribution in [0, 0.1) is 0 Å². The van der Waals surface area contributed by atoms with E-state index in [2.05, 4.69) is 4.72 Å². The summed E-state index contributed by atoms with van der Waals surface area (Å²) >= 11 is 0. The zero-order chi connectivity index (χ0) is 43.1. The van der Waals surface area contributed by atoms with E-state index >= 15 is 0 Å². The minimum Gasteiger partial charge on any atom is -0.506 e. The van der Waals surface area contributed by atoms with Crippen LogP contribution in [0.15, 0.2) is 127 Å². The van der Waals surface area contributed by atoms with E-state index < -0.39 is 54.8 Å². The summed E-state index contributed by atoms with van der Waals surface area (Å²) in [5, 5.41) is 20.7. The topological polar surface area (TPSA) is 246 Å². The molecule has 16 nitrogen and oxygen atoms in total. The number of hydrogen-bond donors (Lipinski definition) is 6. The number of nitrogens with one attached hydrogen (secondary N) is 3. The van der Waals surface area contributed by atoms with Crippen molar-refractivity contribution in [2.24, 2.45) is 5.73 Å². The number of phenols is 2. The van der Waals surface area contributed by atoms with Gasteiger partial charge in [0, 0.05) is 12.1 Å². The Kier molecular flexibility index (Phi) is 13.4. The second-order valence-electron chi connectivity index (χ2n) is 14.3. The van der Waals surface area contributed by atoms with Gasteiger partial charge in [0.15, 0.2) is 0 Å². The van der Waals surface area contributed by atoms with Crippen LogP contribution in [-0.4, -0.2) is 72.5 Å². The highest BCUT2D eigenvalue weighted by Crippen LogP contribution is 2.33. The lowest BCUT2D eigenvalue weighted by Crippen LogP contribution is -2.38. The number of rotatable bonds is 14. The quantitative estimate of drug-likeness (QED) is 0.0947. The van der Waals surface area contributed by atoms with Crippen LogP contribution in [0.3, 0.4) is 0 Å². The molecule has 0 unspecified atom stereocenters. The van der Waals surface area contributed by atoms with Crippen LogP contribution in [0.1, 0.15) is 27.8 Å². The summed E-state index contributed by atoms with van der Waals surface area (Å²) in [6, 6.07) is 36.6. The summed E-state index contributed by atoms with van der Waals surface area (Å²) in [4.78, 5) is 22.8. The Morgan fingerprint density at radius 2 is 0.967 bits per heavy atom. The standard InChI is InChI=1S/C24H25N3O6S2.C17H19N3O4S/c28-23-15-20(11-12-22(23)27-16-24(29)26-35(27,32)33)14-21(13-18-7-3-1-4-8-18)25-34(30,31)17-19-9-5-2-6-10-19;18-14(8-12-4-2-1-3-5-12)9-13-6-7-15(16(21)10-13)20-11-17(22)19-25(20,23)24/h1-12,15,21,25,28H,13-14,16-17H2,(H,26,29);1-7,10,14,21H,8-9,11,18H2,(H,19,22)/t21-;14-/m00/s1. The van der Waals surface area contributed by atoms with Crippen molar-refractivity contribution in [1.82, 2.24) is 14.2 Å². The summed E-state index contributed by atoms with van der Waals surface area (Å²) in [6.45, 7) is -0.770. The van der Waals surface area contributed by atoms with Crippen molar-refractivity contribution in [1.29, 1.82) is 0 Å². The van der Waals surface area contributed by atoms with Crippen LogP contribution in [0.4, 0.5) is 11.4 Å². The van der Waals surface area contributed by atoms with E-state index in [1.165, 1.54) is 24.3 Å². The van der Waals surface area contributed by atoms with Gasteiger partial charge in [-0.2, -0.15) is 16.8 Å². The third-order valence-electron chi connectivity index (χ3n) is 9.45. The summed E-state index contributed by atoms with van der Waals surface area (Å²) in [5.41, 5.74) is 10.3. The molecule has 2 amide bonds. The molecule has 2 heterocycles. The number of anilines is 2. The van der Waals surface area contributed by atoms with Crippen LogP contribution in [0.25, 0.3) is 0 Å². The van der Waals surface area contributed by atoms with Gasteiger partial charge in [-0.15, -0.1) is 0 Å². The van der Waals surface area contributed by atoms with Crippen LogP contribution in [-0.2, 0) is 71.5 Å². The molecule has 7 rings (SSSR count). The molecule has 316 valence electrons. The number of carbonyl (C=O) groups is 2. The number of aromatic hydroxyl groups is 2. The number of hydrogen-bond acceptors (Lipinski definition) is 11. The Balaban J connectivity index is 0.000000213. The first-order valence-electron chi connectivity index (χ1n) is 18.6. The smallest absolute Gasteiger partial charge is 0.326 e. The maximum atomic E-state index is 12.9. The van der Waals surface area contributed by atoms with Crippen LogP contribution in [0.2, 0.25) is 0 Å². The van der Waals surface area contributed by atoms with Crippen molar-refractivity contribution in [2.75, 3.05) is 21.7 Å². The third-order valence-corrected chi connectivity index (χ3v) is 13.6. The molecule has 19 heteroatoms. The minimum atomic E-state index is -4.06. The van der Waals surface area contributed by atoms with Crippen molar-refractivity contribution in [3.63, 3.8) is 0 Å². The molecule has 2 saturated heterocycles. The van der Waals surface area contributed by atoms with Gasteiger partial charge < -0.3 is 15.9 Å². The van der Waals surface area contributed by atoms with Crippen molar-refractivity contribution in [3.05, 3.63) is 155 Å². The fourth-order valence-corrected chi connectivity index (χ4v) is 10.6. The fraction of sp³-hybridized carbons (Fsp3) is 0.220. The van der Waals surface area contributed by atoms with E-state index in [4.69, 9.17) is 5.73 Å². The molecular formula is C41H44N6O10S3. The molecule has 5 aromatic rings. The normalized spacial score (nSPS) is 16.6. The number of nitrogens with zero attached hydrogens (tertiary/aromatic N) is 2. The van der Waals surface area contributed by atoms with Gasteiger partial charge in [0.1, 0.15) is 24.6 Å². The Labute approximate surface area is 349 Å². The van der Waals surface area contributed by atoms with Gasteiger partial charge in [-0.1, -0.05) is 103 Å². The van der Waals surface area contributed by atoms with Crippen molar-refractivity contribution < 1.29 is 45.1 Å². The molecule has 0 radical (unpaired) electrons. The minimum absolute atomic E-state index is 0.0311. The van der Waals surface area contributed by atoms with E-state index in [1.807, 2.05) is 76.2 Å². The lowest BCUT2D eigenvalue weighted by Gasteiger charge is -2.21. The highest BCUT2D eigenvalue weighted by atomic mass is 32.2. The van der Waals surface area contributed by atoms with E-state index in [0.29, 0.717) is 30.4 Å². The highest BCUT2D eigenvalue weighted by molar-refractivity contribution is 7.92. The lowest BCUT2D eigenvalue weighted by molar-refractivity contribution is -0.118. The average Bonchev–Trinajstić information content (AvgIpc) is 3.62. The zero-order valence-electron chi connectivity index (χ0n) is 32.1. The van der Waals surface area contributed by atoms with E-state index in [-0.39, 0.29) is 47.6 Å². The summed E-state index contributed by atoms with van der Waals surface area (Å²) in [7, 11) is -11.7. The molecule has 0 aromatic heterocycles. The van der Waals surface area contributed by atoms with Gasteiger partial charge in [-0.05, 0) is 77.8 Å². The monoisotopic (exact) mass is 876 g/mol. The van der Waals surface area contributed by atoms with Crippen LogP contribution >= 0.6 is 0 Å². The fourth-order valence-electron chi connectivity index (χ4n) is 6.86. The number of amides is 2. The van der Waals surface area contributed by atoms with Gasteiger partial charge in [-0.25, -0.2) is 31.2 Å². The average molecular weight is 877 g/mol. The predicted molar refractivity (Wildman–Crippen MR) is 227 cm³/mol. The van der Waals surface area contributed by atoms with Crippen LogP contribution in [0.5, 0.6) is 11.5 Å². The zero-order valence-corrected chi connectivity index (χ0v) is 34.5. The summed E-state index contributed by atoms with van der Waals surface area (Å²) in [5.74, 6) is -2.02. The Hall–Kier alpha value is -5.99. The molecular weight excluding hydrogens is 833 g/mol. The maximum Gasteiger partial charge on any atom is 0.326 e. The molecule has 2 atom stereocenters. The second-order valence-corrected chi connectivity index (χ2v) is 19.3. The molecule has 2 fully saturated rings. The number of carbonyl (C=O) groups excluding carboxylic acids is 2. The lowest BCUT2D eigenvalue weighted by atomic mass is 9.99. The Bertz CT molecular complexity index is 2660.